The molecule has 0 aromatic heterocycles. The van der Waals surface area contributed by atoms with Crippen molar-refractivity contribution in [3.8, 4) is 11.8 Å². The van der Waals surface area contributed by atoms with E-state index in [0.717, 1.165) is 5.56 Å². The van der Waals surface area contributed by atoms with Crippen molar-refractivity contribution in [1.82, 2.24) is 0 Å². The summed E-state index contributed by atoms with van der Waals surface area (Å²) < 4.78 is 18.7. The van der Waals surface area contributed by atoms with Gasteiger partial charge in [0.15, 0.2) is 0 Å². The third-order valence-electron chi connectivity index (χ3n) is 2.36. The Morgan fingerprint density at radius 1 is 1.22 bits per heavy atom. The second-order valence-corrected chi connectivity index (χ2v) is 4.11. The van der Waals surface area contributed by atoms with Crippen LogP contribution in [0.3, 0.4) is 0 Å². The molecule has 0 N–H and O–H groups in total. The maximum Gasteiger partial charge on any atom is 0.144 e. The smallest absolute Gasteiger partial charge is 0.144 e. The molecular formula is C14H9ClFNO. The van der Waals surface area contributed by atoms with Crippen molar-refractivity contribution in [1.29, 1.82) is 5.26 Å². The molecule has 0 aliphatic rings. The van der Waals surface area contributed by atoms with E-state index in [9.17, 15) is 4.39 Å². The van der Waals surface area contributed by atoms with Gasteiger partial charge in [-0.1, -0.05) is 23.7 Å². The Bertz CT molecular complexity index is 607. The van der Waals surface area contributed by atoms with Gasteiger partial charge in [0.1, 0.15) is 24.2 Å². The summed E-state index contributed by atoms with van der Waals surface area (Å²) in [5, 5.41) is 9.23. The normalized spacial score (nSPS) is 9.83. The van der Waals surface area contributed by atoms with Gasteiger partial charge in [-0.2, -0.15) is 5.26 Å². The molecule has 0 bridgehead atoms. The number of benzene rings is 2. The van der Waals surface area contributed by atoms with Crippen molar-refractivity contribution in [3.63, 3.8) is 0 Å². The molecule has 90 valence electrons. The molecule has 2 aromatic carbocycles. The van der Waals surface area contributed by atoms with Crippen LogP contribution in [0.15, 0.2) is 42.5 Å². The fourth-order valence-electron chi connectivity index (χ4n) is 1.47. The predicted molar refractivity (Wildman–Crippen MR) is 66.9 cm³/mol. The molecule has 2 nitrogen and oxygen atoms in total. The predicted octanol–water partition coefficient (Wildman–Crippen LogP) is 3.93. The molecule has 0 unspecified atom stereocenters. The van der Waals surface area contributed by atoms with Crippen LogP contribution in [0.25, 0.3) is 0 Å². The molecule has 0 atom stereocenters. The van der Waals surface area contributed by atoms with E-state index in [-0.39, 0.29) is 5.56 Å². The lowest BCUT2D eigenvalue weighted by Gasteiger charge is -2.07. The number of ether oxygens (including phenoxy) is 1. The minimum atomic E-state index is -0.582. The topological polar surface area (TPSA) is 33.0 Å². The lowest BCUT2D eigenvalue weighted by molar-refractivity contribution is 0.304. The van der Waals surface area contributed by atoms with Gasteiger partial charge in [-0.25, -0.2) is 4.39 Å². The first-order valence-electron chi connectivity index (χ1n) is 5.26. The minimum absolute atomic E-state index is 0.00473. The zero-order valence-electron chi connectivity index (χ0n) is 9.36. The van der Waals surface area contributed by atoms with Crippen LogP contribution in [-0.2, 0) is 6.61 Å². The first-order chi connectivity index (χ1) is 8.69. The van der Waals surface area contributed by atoms with Gasteiger partial charge >= 0.3 is 0 Å². The van der Waals surface area contributed by atoms with Crippen LogP contribution in [0.2, 0.25) is 5.02 Å². The highest BCUT2D eigenvalue weighted by Crippen LogP contribution is 2.18. The van der Waals surface area contributed by atoms with Gasteiger partial charge in [-0.3, -0.25) is 0 Å². The molecule has 18 heavy (non-hydrogen) atoms. The van der Waals surface area contributed by atoms with Crippen molar-refractivity contribution in [2.75, 3.05) is 0 Å². The first kappa shape index (κ1) is 12.4. The van der Waals surface area contributed by atoms with Gasteiger partial charge in [0.05, 0.1) is 5.56 Å². The Morgan fingerprint density at radius 2 is 2.06 bits per heavy atom. The molecule has 0 amide bonds. The standard InChI is InChI=1S/C14H9ClFNO/c15-12-3-1-2-10(6-12)9-18-13-5-4-11(8-17)14(16)7-13/h1-7H,9H2. The summed E-state index contributed by atoms with van der Waals surface area (Å²) in [5.74, 6) is -0.201. The van der Waals surface area contributed by atoms with Crippen molar-refractivity contribution < 1.29 is 9.13 Å². The highest BCUT2D eigenvalue weighted by molar-refractivity contribution is 6.30. The SMILES string of the molecule is N#Cc1ccc(OCc2cccc(Cl)c2)cc1F. The molecule has 2 aromatic rings. The fourth-order valence-corrected chi connectivity index (χ4v) is 1.68. The second kappa shape index (κ2) is 5.52. The summed E-state index contributed by atoms with van der Waals surface area (Å²) in [4.78, 5) is 0. The molecule has 4 heteroatoms. The second-order valence-electron chi connectivity index (χ2n) is 3.67. The number of halogens is 2. The molecule has 2 rings (SSSR count). The van der Waals surface area contributed by atoms with Crippen LogP contribution >= 0.6 is 11.6 Å². The summed E-state index contributed by atoms with van der Waals surface area (Å²) in [6.07, 6.45) is 0. The van der Waals surface area contributed by atoms with E-state index in [0.29, 0.717) is 17.4 Å². The van der Waals surface area contributed by atoms with E-state index in [1.807, 2.05) is 12.1 Å². The quantitative estimate of drug-likeness (QED) is 0.839. The highest BCUT2D eigenvalue weighted by atomic mass is 35.5. The Hall–Kier alpha value is -2.05. The minimum Gasteiger partial charge on any atom is -0.489 e. The molecule has 0 heterocycles. The Labute approximate surface area is 109 Å². The van der Waals surface area contributed by atoms with Crippen molar-refractivity contribution in [2.45, 2.75) is 6.61 Å². The largest absolute Gasteiger partial charge is 0.489 e. The van der Waals surface area contributed by atoms with E-state index in [1.165, 1.54) is 12.1 Å². The molecule has 0 radical (unpaired) electrons. The summed E-state index contributed by atoms with van der Waals surface area (Å²) >= 11 is 5.84. The lowest BCUT2D eigenvalue weighted by atomic mass is 10.2. The third kappa shape index (κ3) is 2.99. The lowest BCUT2D eigenvalue weighted by Crippen LogP contribution is -1.96. The zero-order valence-corrected chi connectivity index (χ0v) is 10.1. The molecule has 0 fully saturated rings. The number of nitriles is 1. The molecule has 0 aliphatic heterocycles. The van der Waals surface area contributed by atoms with Crippen LogP contribution in [-0.4, -0.2) is 0 Å². The zero-order chi connectivity index (χ0) is 13.0. The van der Waals surface area contributed by atoms with E-state index in [2.05, 4.69) is 0 Å². The highest BCUT2D eigenvalue weighted by Gasteiger charge is 2.03. The Morgan fingerprint density at radius 3 is 2.72 bits per heavy atom. The van der Waals surface area contributed by atoms with Crippen LogP contribution in [0, 0.1) is 17.1 Å². The first-order valence-corrected chi connectivity index (χ1v) is 5.64. The number of nitrogens with zero attached hydrogens (tertiary/aromatic N) is 1. The van der Waals surface area contributed by atoms with Gasteiger partial charge in [0.25, 0.3) is 0 Å². The van der Waals surface area contributed by atoms with E-state index >= 15 is 0 Å². The number of rotatable bonds is 3. The van der Waals surface area contributed by atoms with Crippen LogP contribution in [0.4, 0.5) is 4.39 Å². The maximum absolute atomic E-state index is 13.3. The van der Waals surface area contributed by atoms with Gasteiger partial charge in [-0.15, -0.1) is 0 Å². The Kier molecular flexibility index (Phi) is 3.81. The number of hydrogen-bond acceptors (Lipinski definition) is 2. The summed E-state index contributed by atoms with van der Waals surface area (Å²) in [7, 11) is 0. The van der Waals surface area contributed by atoms with Gasteiger partial charge in [0.2, 0.25) is 0 Å². The average molecular weight is 262 g/mol. The third-order valence-corrected chi connectivity index (χ3v) is 2.59. The molecular weight excluding hydrogens is 253 g/mol. The van der Waals surface area contributed by atoms with E-state index in [1.54, 1.807) is 24.3 Å². The average Bonchev–Trinajstić information content (AvgIpc) is 2.37. The van der Waals surface area contributed by atoms with Crippen molar-refractivity contribution >= 4 is 11.6 Å². The van der Waals surface area contributed by atoms with Crippen molar-refractivity contribution in [2.24, 2.45) is 0 Å². The monoisotopic (exact) mass is 261 g/mol. The molecule has 0 saturated carbocycles. The van der Waals surface area contributed by atoms with Crippen LogP contribution in [0.1, 0.15) is 11.1 Å². The molecule has 0 saturated heterocycles. The summed E-state index contributed by atoms with van der Waals surface area (Å²) in [6.45, 7) is 0.298. The van der Waals surface area contributed by atoms with Gasteiger partial charge in [0, 0.05) is 11.1 Å². The Balaban J connectivity index is 2.07. The van der Waals surface area contributed by atoms with Crippen LogP contribution in [0.5, 0.6) is 5.75 Å². The van der Waals surface area contributed by atoms with E-state index < -0.39 is 5.82 Å². The summed E-state index contributed by atoms with van der Waals surface area (Å²) in [6, 6.07) is 13.1. The van der Waals surface area contributed by atoms with Crippen molar-refractivity contribution in [3.05, 3.63) is 64.4 Å². The van der Waals surface area contributed by atoms with Crippen LogP contribution < -0.4 is 4.74 Å². The van der Waals surface area contributed by atoms with E-state index in [4.69, 9.17) is 21.6 Å². The molecule has 0 spiro atoms. The van der Waals surface area contributed by atoms with Gasteiger partial charge in [-0.05, 0) is 29.8 Å². The maximum atomic E-state index is 13.3. The summed E-state index contributed by atoms with van der Waals surface area (Å²) in [5.41, 5.74) is 0.900. The van der Waals surface area contributed by atoms with Gasteiger partial charge < -0.3 is 4.74 Å². The number of hydrogen-bond donors (Lipinski definition) is 0. The fraction of sp³-hybridized carbons (Fsp3) is 0.0714. The molecule has 0 aliphatic carbocycles.